The van der Waals surface area contributed by atoms with Crippen molar-refractivity contribution in [2.24, 2.45) is 7.05 Å². The van der Waals surface area contributed by atoms with Crippen LogP contribution in [0.2, 0.25) is 5.02 Å². The first kappa shape index (κ1) is 22.4. The number of anilines is 2. The Morgan fingerprint density at radius 1 is 1.17 bits per heavy atom. The second-order valence-corrected chi connectivity index (χ2v) is 9.07. The number of aromatic nitrogens is 7. The van der Waals surface area contributed by atoms with Crippen LogP contribution < -0.4 is 5.32 Å². The standard InChI is InChI=1S/C25H21ClF2N8/c1-34-23(6-7-30-34)31-22-10-18(19(26)12-29-22)16-8-21-25-33-32-24(9-15-4-2-3-5-20(15)28)36(25)17(11-27)14-35(21)13-16/h2-8,10,12-13,17H,9,11,14H2,1H3,(H,29,31)/t17-/m0/s1. The summed E-state index contributed by atoms with van der Waals surface area (Å²) in [6, 6.07) is 11.7. The van der Waals surface area contributed by atoms with Gasteiger partial charge in [0.2, 0.25) is 0 Å². The quantitative estimate of drug-likeness (QED) is 0.343. The predicted octanol–water partition coefficient (Wildman–Crippen LogP) is 5.19. The third kappa shape index (κ3) is 3.83. The lowest BCUT2D eigenvalue weighted by Gasteiger charge is -2.26. The van der Waals surface area contributed by atoms with Crippen LogP contribution in [0.25, 0.3) is 22.6 Å². The van der Waals surface area contributed by atoms with E-state index in [0.29, 0.717) is 34.6 Å². The molecule has 1 aliphatic rings. The number of nitrogens with one attached hydrogen (secondary N) is 1. The number of hydrogen-bond acceptors (Lipinski definition) is 5. The van der Waals surface area contributed by atoms with Crippen molar-refractivity contribution in [3.8, 4) is 22.6 Å². The summed E-state index contributed by atoms with van der Waals surface area (Å²) in [5.41, 5.74) is 2.89. The highest BCUT2D eigenvalue weighted by atomic mass is 35.5. The SMILES string of the molecule is Cn1nccc1Nc1cc(-c2cc3n(c2)C[C@H](CF)n2c(Cc4ccccc4F)nnc2-3)c(Cl)cn1. The Morgan fingerprint density at radius 2 is 2.03 bits per heavy atom. The van der Waals surface area contributed by atoms with E-state index in [2.05, 4.69) is 25.6 Å². The Bertz CT molecular complexity index is 1570. The first-order valence-corrected chi connectivity index (χ1v) is 11.7. The van der Waals surface area contributed by atoms with Crippen LogP contribution in [0.3, 0.4) is 0 Å². The van der Waals surface area contributed by atoms with E-state index in [4.69, 9.17) is 11.6 Å². The van der Waals surface area contributed by atoms with Crippen molar-refractivity contribution in [3.05, 3.63) is 83.3 Å². The zero-order valence-corrected chi connectivity index (χ0v) is 20.0. The van der Waals surface area contributed by atoms with Gasteiger partial charge in [0.25, 0.3) is 0 Å². The fourth-order valence-electron chi connectivity index (χ4n) is 4.59. The molecule has 0 amide bonds. The van der Waals surface area contributed by atoms with Crippen LogP contribution in [0.5, 0.6) is 0 Å². The number of rotatable bonds is 6. The molecule has 0 radical (unpaired) electrons. The highest BCUT2D eigenvalue weighted by molar-refractivity contribution is 6.33. The molecule has 4 aromatic heterocycles. The maximum Gasteiger partial charge on any atom is 0.181 e. The molecule has 1 N–H and O–H groups in total. The van der Waals surface area contributed by atoms with E-state index in [1.807, 2.05) is 36.0 Å². The van der Waals surface area contributed by atoms with E-state index < -0.39 is 12.7 Å². The molecule has 0 fully saturated rings. The van der Waals surface area contributed by atoms with Crippen molar-refractivity contribution >= 4 is 23.2 Å². The van der Waals surface area contributed by atoms with Crippen molar-refractivity contribution in [2.45, 2.75) is 19.0 Å². The molecule has 0 spiro atoms. The number of nitrogens with zero attached hydrogens (tertiary/aromatic N) is 7. The first-order valence-electron chi connectivity index (χ1n) is 11.4. The van der Waals surface area contributed by atoms with Gasteiger partial charge in [-0.25, -0.2) is 13.8 Å². The van der Waals surface area contributed by atoms with Gasteiger partial charge in [0.1, 0.15) is 30.0 Å². The lowest BCUT2D eigenvalue weighted by atomic mass is 10.1. The normalized spacial score (nSPS) is 14.5. The van der Waals surface area contributed by atoms with Crippen LogP contribution in [-0.4, -0.2) is 40.8 Å². The third-order valence-corrected chi connectivity index (χ3v) is 6.69. The highest BCUT2D eigenvalue weighted by Gasteiger charge is 2.30. The van der Waals surface area contributed by atoms with Gasteiger partial charge in [-0.15, -0.1) is 10.2 Å². The molecule has 0 aliphatic carbocycles. The Kier molecular flexibility index (Phi) is 5.52. The zero-order chi connectivity index (χ0) is 24.8. The number of aryl methyl sites for hydroxylation is 1. The van der Waals surface area contributed by atoms with Crippen LogP contribution in [0.15, 0.2) is 61.1 Å². The Labute approximate surface area is 210 Å². The minimum absolute atomic E-state index is 0.225. The molecule has 36 heavy (non-hydrogen) atoms. The molecule has 0 unspecified atom stereocenters. The first-order chi connectivity index (χ1) is 17.5. The summed E-state index contributed by atoms with van der Waals surface area (Å²) in [6.07, 6.45) is 5.44. The van der Waals surface area contributed by atoms with Crippen molar-refractivity contribution < 1.29 is 8.78 Å². The summed E-state index contributed by atoms with van der Waals surface area (Å²) in [5.74, 6) is 2.14. The van der Waals surface area contributed by atoms with Crippen molar-refractivity contribution in [3.63, 3.8) is 0 Å². The summed E-state index contributed by atoms with van der Waals surface area (Å²) in [7, 11) is 1.83. The predicted molar refractivity (Wildman–Crippen MR) is 132 cm³/mol. The van der Waals surface area contributed by atoms with Crippen molar-refractivity contribution in [1.82, 2.24) is 34.1 Å². The van der Waals surface area contributed by atoms with E-state index in [0.717, 1.165) is 22.6 Å². The maximum atomic E-state index is 14.3. The molecule has 0 bridgehead atoms. The third-order valence-electron chi connectivity index (χ3n) is 6.39. The van der Waals surface area contributed by atoms with Crippen LogP contribution in [0.1, 0.15) is 17.4 Å². The molecule has 0 saturated heterocycles. The van der Waals surface area contributed by atoms with Gasteiger partial charge in [-0.1, -0.05) is 29.8 Å². The van der Waals surface area contributed by atoms with E-state index in [1.54, 1.807) is 39.8 Å². The molecular weight excluding hydrogens is 486 g/mol. The van der Waals surface area contributed by atoms with Crippen molar-refractivity contribution in [1.29, 1.82) is 0 Å². The van der Waals surface area contributed by atoms with E-state index >= 15 is 0 Å². The lowest BCUT2D eigenvalue weighted by Crippen LogP contribution is -2.25. The van der Waals surface area contributed by atoms with Gasteiger partial charge in [-0.2, -0.15) is 5.10 Å². The summed E-state index contributed by atoms with van der Waals surface area (Å²) >= 11 is 6.53. The fraction of sp³-hybridized carbons (Fsp3) is 0.200. The average molecular weight is 507 g/mol. The van der Waals surface area contributed by atoms with Gasteiger partial charge < -0.3 is 14.5 Å². The number of pyridine rings is 1. The monoisotopic (exact) mass is 506 g/mol. The minimum atomic E-state index is -0.600. The second kappa shape index (κ2) is 8.87. The molecule has 5 heterocycles. The van der Waals surface area contributed by atoms with Crippen molar-refractivity contribution in [2.75, 3.05) is 12.0 Å². The number of fused-ring (bicyclic) bond motifs is 3. The number of benzene rings is 1. The van der Waals surface area contributed by atoms with Crippen LogP contribution in [0.4, 0.5) is 20.4 Å². The Morgan fingerprint density at radius 3 is 2.81 bits per heavy atom. The van der Waals surface area contributed by atoms with Gasteiger partial charge in [0.05, 0.1) is 23.0 Å². The van der Waals surface area contributed by atoms with Crippen LogP contribution in [0, 0.1) is 5.82 Å². The second-order valence-electron chi connectivity index (χ2n) is 8.67. The van der Waals surface area contributed by atoms with E-state index in [9.17, 15) is 8.78 Å². The highest BCUT2D eigenvalue weighted by Crippen LogP contribution is 2.38. The molecule has 1 aromatic carbocycles. The topological polar surface area (TPSA) is 78.4 Å². The number of halogens is 3. The summed E-state index contributed by atoms with van der Waals surface area (Å²) < 4.78 is 33.9. The fourth-order valence-corrected chi connectivity index (χ4v) is 4.81. The Balaban J connectivity index is 1.37. The van der Waals surface area contributed by atoms with Gasteiger partial charge in [-0.3, -0.25) is 4.68 Å². The molecule has 8 nitrogen and oxygen atoms in total. The molecule has 1 atom stereocenters. The Hall–Kier alpha value is -4.05. The van der Waals surface area contributed by atoms with E-state index in [1.165, 1.54) is 6.07 Å². The van der Waals surface area contributed by atoms with Crippen LogP contribution in [-0.2, 0) is 20.0 Å². The van der Waals surface area contributed by atoms with E-state index in [-0.39, 0.29) is 12.2 Å². The molecule has 1 aliphatic heterocycles. The number of hydrogen-bond donors (Lipinski definition) is 1. The van der Waals surface area contributed by atoms with Crippen LogP contribution >= 0.6 is 11.6 Å². The van der Waals surface area contributed by atoms with Gasteiger partial charge in [-0.05, 0) is 23.8 Å². The smallest absolute Gasteiger partial charge is 0.181 e. The molecule has 6 rings (SSSR count). The summed E-state index contributed by atoms with van der Waals surface area (Å²) in [4.78, 5) is 4.38. The molecule has 0 saturated carbocycles. The van der Waals surface area contributed by atoms with Gasteiger partial charge >= 0.3 is 0 Å². The average Bonchev–Trinajstić information content (AvgIpc) is 3.60. The minimum Gasteiger partial charge on any atom is -0.342 e. The molecule has 11 heteroatoms. The largest absolute Gasteiger partial charge is 0.342 e. The molecular formula is C25H21ClF2N8. The summed E-state index contributed by atoms with van der Waals surface area (Å²) in [5, 5.41) is 16.5. The lowest BCUT2D eigenvalue weighted by molar-refractivity contribution is 0.310. The maximum absolute atomic E-state index is 14.3. The van der Waals surface area contributed by atoms with Gasteiger partial charge in [0, 0.05) is 49.6 Å². The zero-order valence-electron chi connectivity index (χ0n) is 19.2. The molecule has 5 aromatic rings. The molecule has 182 valence electrons. The van der Waals surface area contributed by atoms with Gasteiger partial charge in [0.15, 0.2) is 5.82 Å². The number of alkyl halides is 1. The summed E-state index contributed by atoms with van der Waals surface area (Å²) in [6.45, 7) is -0.207.